The summed E-state index contributed by atoms with van der Waals surface area (Å²) >= 11 is 2.71. The van der Waals surface area contributed by atoms with Gasteiger partial charge in [0.1, 0.15) is 6.20 Å². The highest BCUT2D eigenvalue weighted by Gasteiger charge is 2.21. The lowest BCUT2D eigenvalue weighted by Crippen LogP contribution is -1.98. The highest BCUT2D eigenvalue weighted by molar-refractivity contribution is 8.00. The Labute approximate surface area is 148 Å². The van der Waals surface area contributed by atoms with Crippen molar-refractivity contribution >= 4 is 34.6 Å². The molecule has 0 saturated carbocycles. The molecular weight excluding hydrogens is 368 g/mol. The normalized spacial score (nSPS) is 10.8. The number of nitro groups is 2. The number of rotatable bonds is 6. The van der Waals surface area contributed by atoms with Crippen molar-refractivity contribution in [3.63, 3.8) is 0 Å². The zero-order valence-corrected chi connectivity index (χ0v) is 14.4. The van der Waals surface area contributed by atoms with Crippen LogP contribution < -0.4 is 0 Å². The van der Waals surface area contributed by atoms with E-state index in [0.29, 0.717) is 20.9 Å². The monoisotopic (exact) mass is 378 g/mol. The smallest absolute Gasteiger partial charge is 0.342 e. The molecule has 0 saturated heterocycles. The number of nitrogens with zero attached hydrogens (tertiary/aromatic N) is 6. The van der Waals surface area contributed by atoms with Gasteiger partial charge >= 0.3 is 5.82 Å². The Hall–Kier alpha value is -2.86. The van der Waals surface area contributed by atoms with Gasteiger partial charge in [-0.2, -0.15) is 0 Å². The molecule has 0 unspecified atom stereocenters. The van der Waals surface area contributed by atoms with Gasteiger partial charge in [-0.3, -0.25) is 10.1 Å². The minimum atomic E-state index is -0.512. The number of hydrogen-bond donors (Lipinski definition) is 0. The molecule has 2 heterocycles. The van der Waals surface area contributed by atoms with Crippen LogP contribution in [-0.4, -0.2) is 29.6 Å². The molecule has 128 valence electrons. The number of nitro benzene ring substituents is 1. The summed E-state index contributed by atoms with van der Waals surface area (Å²) in [4.78, 5) is 24.6. The van der Waals surface area contributed by atoms with E-state index < -0.39 is 9.85 Å². The Balaban J connectivity index is 1.70. The Morgan fingerprint density at radius 3 is 2.48 bits per heavy atom. The number of benzene rings is 1. The lowest BCUT2D eigenvalue weighted by molar-refractivity contribution is -0.391. The fourth-order valence-corrected chi connectivity index (χ4v) is 3.83. The van der Waals surface area contributed by atoms with Crippen LogP contribution in [-0.2, 0) is 12.8 Å². The molecule has 0 bridgehead atoms. The predicted octanol–water partition coefficient (Wildman–Crippen LogP) is 3.05. The summed E-state index contributed by atoms with van der Waals surface area (Å²) in [5, 5.41) is 30.1. The molecular formula is C13H10N6O4S2. The first-order valence-corrected chi connectivity index (χ1v) is 8.62. The Morgan fingerprint density at radius 2 is 1.88 bits per heavy atom. The second-order valence-corrected chi connectivity index (χ2v) is 7.04. The zero-order chi connectivity index (χ0) is 18.0. The van der Waals surface area contributed by atoms with Gasteiger partial charge in [-0.05, 0) is 10.5 Å². The molecule has 0 N–H and O–H groups in total. The van der Waals surface area contributed by atoms with E-state index in [4.69, 9.17) is 0 Å². The Morgan fingerprint density at radius 1 is 1.16 bits per heavy atom. The van der Waals surface area contributed by atoms with Crippen molar-refractivity contribution in [1.29, 1.82) is 0 Å². The van der Waals surface area contributed by atoms with Crippen LogP contribution in [0, 0.1) is 20.2 Å². The van der Waals surface area contributed by atoms with E-state index in [1.807, 2.05) is 0 Å². The van der Waals surface area contributed by atoms with Crippen molar-refractivity contribution in [2.45, 2.75) is 10.1 Å². The standard InChI is InChI=1S/C13H10N6O4S2/c1-17-10(19(22)23)6-14-11(17)12-15-16-13(25-12)24-7-8-2-4-9(5-3-8)18(20)21/h2-6H,7H2,1H3. The molecule has 0 amide bonds. The van der Waals surface area contributed by atoms with Crippen LogP contribution in [0.2, 0.25) is 0 Å². The lowest BCUT2D eigenvalue weighted by Gasteiger charge is -1.98. The van der Waals surface area contributed by atoms with Gasteiger partial charge in [0.25, 0.3) is 11.5 Å². The molecule has 0 aliphatic carbocycles. The van der Waals surface area contributed by atoms with E-state index in [2.05, 4.69) is 15.2 Å². The molecule has 0 spiro atoms. The van der Waals surface area contributed by atoms with Crippen molar-refractivity contribution in [3.05, 3.63) is 56.3 Å². The molecule has 3 rings (SSSR count). The van der Waals surface area contributed by atoms with Crippen molar-refractivity contribution < 1.29 is 9.85 Å². The highest BCUT2D eigenvalue weighted by Crippen LogP contribution is 2.31. The van der Waals surface area contributed by atoms with E-state index in [1.165, 1.54) is 46.0 Å². The van der Waals surface area contributed by atoms with E-state index in [1.54, 1.807) is 19.2 Å². The SMILES string of the molecule is Cn1c([N+](=O)[O-])cnc1-c1nnc(SCc2ccc([N+](=O)[O-])cc2)s1. The average molecular weight is 378 g/mol. The number of non-ortho nitro benzene ring substituents is 1. The molecule has 3 aromatic rings. The summed E-state index contributed by atoms with van der Waals surface area (Å²) in [6.45, 7) is 0. The van der Waals surface area contributed by atoms with Gasteiger partial charge in [0.05, 0.1) is 12.0 Å². The van der Waals surface area contributed by atoms with Gasteiger partial charge in [-0.25, -0.2) is 9.55 Å². The maximum absolute atomic E-state index is 10.9. The number of aromatic nitrogens is 4. The van der Waals surface area contributed by atoms with E-state index in [9.17, 15) is 20.2 Å². The van der Waals surface area contributed by atoms with Gasteiger partial charge in [-0.15, -0.1) is 10.2 Å². The maximum atomic E-state index is 10.9. The van der Waals surface area contributed by atoms with Crippen LogP contribution in [0.25, 0.3) is 10.8 Å². The van der Waals surface area contributed by atoms with Gasteiger partial charge in [0, 0.05) is 17.9 Å². The fraction of sp³-hybridized carbons (Fsp3) is 0.154. The van der Waals surface area contributed by atoms with E-state index >= 15 is 0 Å². The van der Waals surface area contributed by atoms with Crippen LogP contribution in [0.3, 0.4) is 0 Å². The predicted molar refractivity (Wildman–Crippen MR) is 91.4 cm³/mol. The summed E-state index contributed by atoms with van der Waals surface area (Å²) in [5.74, 6) is 0.838. The zero-order valence-electron chi connectivity index (χ0n) is 12.7. The van der Waals surface area contributed by atoms with Crippen molar-refractivity contribution in [2.75, 3.05) is 0 Å². The minimum absolute atomic E-state index is 0.0447. The third kappa shape index (κ3) is 3.64. The molecule has 0 atom stereocenters. The third-order valence-electron chi connectivity index (χ3n) is 3.26. The second kappa shape index (κ2) is 6.94. The van der Waals surface area contributed by atoms with Gasteiger partial charge in [0.15, 0.2) is 4.34 Å². The summed E-state index contributed by atoms with van der Waals surface area (Å²) in [6.07, 6.45) is 1.18. The minimum Gasteiger partial charge on any atom is -0.358 e. The van der Waals surface area contributed by atoms with Crippen LogP contribution in [0.4, 0.5) is 11.5 Å². The molecule has 0 aliphatic heterocycles. The summed E-state index contributed by atoms with van der Waals surface area (Å²) in [6, 6.07) is 6.28. The van der Waals surface area contributed by atoms with Gasteiger partial charge < -0.3 is 10.1 Å². The van der Waals surface area contributed by atoms with Crippen LogP contribution in [0.15, 0.2) is 34.8 Å². The quantitative estimate of drug-likeness (QED) is 0.363. The first-order chi connectivity index (χ1) is 12.0. The number of imidazole rings is 1. The fourth-order valence-electron chi connectivity index (χ4n) is 1.99. The van der Waals surface area contributed by atoms with E-state index in [0.717, 1.165) is 5.56 Å². The Bertz CT molecular complexity index is 936. The molecule has 25 heavy (non-hydrogen) atoms. The molecule has 2 aromatic heterocycles. The van der Waals surface area contributed by atoms with Crippen LogP contribution in [0.1, 0.15) is 5.56 Å². The molecule has 1 aromatic carbocycles. The first kappa shape index (κ1) is 17.0. The maximum Gasteiger partial charge on any atom is 0.342 e. The van der Waals surface area contributed by atoms with Gasteiger partial charge in [-0.1, -0.05) is 35.2 Å². The summed E-state index contributed by atoms with van der Waals surface area (Å²) in [7, 11) is 1.55. The topological polar surface area (TPSA) is 130 Å². The second-order valence-electron chi connectivity index (χ2n) is 4.84. The summed E-state index contributed by atoms with van der Waals surface area (Å²) in [5.41, 5.74) is 0.961. The van der Waals surface area contributed by atoms with Crippen LogP contribution >= 0.6 is 23.1 Å². The lowest BCUT2D eigenvalue weighted by atomic mass is 10.2. The summed E-state index contributed by atoms with van der Waals surface area (Å²) < 4.78 is 2.03. The van der Waals surface area contributed by atoms with Crippen LogP contribution in [0.5, 0.6) is 0 Å². The number of thioether (sulfide) groups is 1. The largest absolute Gasteiger partial charge is 0.358 e. The third-order valence-corrected chi connectivity index (χ3v) is 5.38. The molecule has 10 nitrogen and oxygen atoms in total. The van der Waals surface area contributed by atoms with Crippen molar-refractivity contribution in [2.24, 2.45) is 7.05 Å². The molecule has 12 heteroatoms. The molecule has 0 fully saturated rings. The average Bonchev–Trinajstić information content (AvgIpc) is 3.19. The molecule has 0 radical (unpaired) electrons. The van der Waals surface area contributed by atoms with Crippen molar-refractivity contribution in [3.8, 4) is 10.8 Å². The number of hydrogen-bond acceptors (Lipinski definition) is 9. The first-order valence-electron chi connectivity index (χ1n) is 6.82. The van der Waals surface area contributed by atoms with Crippen molar-refractivity contribution in [1.82, 2.24) is 19.7 Å². The van der Waals surface area contributed by atoms with Gasteiger partial charge in [0.2, 0.25) is 5.01 Å². The molecule has 0 aliphatic rings. The van der Waals surface area contributed by atoms with E-state index in [-0.39, 0.29) is 11.5 Å². The highest BCUT2D eigenvalue weighted by atomic mass is 32.2. The Kier molecular flexibility index (Phi) is 4.72.